The van der Waals surface area contributed by atoms with Crippen LogP contribution in [0.1, 0.15) is 166 Å². The van der Waals surface area contributed by atoms with E-state index in [2.05, 4.69) is 47.9 Å². The molecule has 0 spiro atoms. The minimum atomic E-state index is -0.720. The average Bonchev–Trinajstić information content (AvgIpc) is 3.14. The highest BCUT2D eigenvalue weighted by atomic mass is 16.3. The predicted molar refractivity (Wildman–Crippen MR) is 338 cm³/mol. The Kier molecular flexibility index (Phi) is 59.3. The lowest BCUT2D eigenvalue weighted by Gasteiger charge is -2.24. The number of likely N-dealkylation sites (N-methyl/N-ethyl adjacent to an activating group) is 2. The molecular weight excluding hydrogens is 1010 g/mol. The van der Waals surface area contributed by atoms with Gasteiger partial charge in [0, 0.05) is 125 Å². The normalized spacial score (nSPS) is 12.7. The van der Waals surface area contributed by atoms with Crippen LogP contribution in [0.4, 0.5) is 0 Å². The molecule has 0 rings (SSSR count). The first-order valence-corrected chi connectivity index (χ1v) is 27.4. The molecule has 0 aromatic carbocycles. The SMILES string of the molecule is CC(C)(N)CNCC(C)(C)N.CC(C)(N)CNCC(C)(C)O.CC(C)(N)CNCN.CC(C)(N)CNCO.CC(C)(O)CNCC(C)(C)O.CC(C)(O)CNCN.CC(C)(O)CNCO.CNCC(C)(C)N.CNCC(C)(C)O. The van der Waals surface area contributed by atoms with Gasteiger partial charge in [-0.1, -0.05) is 0 Å². The molecule has 492 valence electrons. The molecule has 0 aliphatic carbocycles. The third-order valence-corrected chi connectivity index (χ3v) is 7.45. The van der Waals surface area contributed by atoms with Gasteiger partial charge < -0.3 is 124 Å². The Balaban J connectivity index is -0.000000100. The largest absolute Gasteiger partial charge is 0.389 e. The van der Waals surface area contributed by atoms with E-state index >= 15 is 0 Å². The third kappa shape index (κ3) is 167. The van der Waals surface area contributed by atoms with Crippen molar-refractivity contribution in [2.45, 2.75) is 233 Å². The zero-order valence-corrected chi connectivity index (χ0v) is 56.0. The van der Waals surface area contributed by atoms with Gasteiger partial charge >= 0.3 is 0 Å². The summed E-state index contributed by atoms with van der Waals surface area (Å²) in [7, 11) is 3.71. The van der Waals surface area contributed by atoms with E-state index in [9.17, 15) is 15.3 Å². The number of rotatable bonds is 28. The molecule has 0 saturated carbocycles. The highest BCUT2D eigenvalue weighted by Gasteiger charge is 2.18. The second kappa shape index (κ2) is 48.3. The van der Waals surface area contributed by atoms with E-state index < -0.39 is 33.6 Å². The van der Waals surface area contributed by atoms with Crippen LogP contribution in [0.3, 0.4) is 0 Å². The monoisotopic (exact) mass is 1160 g/mol. The number of aliphatic hydroxyl groups excluding tert-OH is 2. The maximum atomic E-state index is 9.31. The van der Waals surface area contributed by atoms with E-state index in [4.69, 9.17) is 71.4 Å². The van der Waals surface area contributed by atoms with Crippen LogP contribution in [-0.4, -0.2) is 227 Å². The second-order valence-electron chi connectivity index (χ2n) is 28.1. The van der Waals surface area contributed by atoms with Gasteiger partial charge in [0.1, 0.15) is 0 Å². The van der Waals surface area contributed by atoms with Crippen molar-refractivity contribution in [2.75, 3.05) is 119 Å². The lowest BCUT2D eigenvalue weighted by atomic mass is 10.1. The Hall–Kier alpha value is -1.00. The van der Waals surface area contributed by atoms with E-state index in [0.717, 1.165) is 32.7 Å². The molecule has 0 heterocycles. The van der Waals surface area contributed by atoms with E-state index in [1.165, 1.54) is 0 Å². The predicted octanol–water partition coefficient (Wildman–Crippen LogP) is -2.78. The summed E-state index contributed by atoms with van der Waals surface area (Å²) in [5, 5.41) is 97.5. The summed E-state index contributed by atoms with van der Waals surface area (Å²) in [4.78, 5) is 0. The average molecular weight is 1160 g/mol. The second-order valence-corrected chi connectivity index (χ2v) is 28.1. The highest BCUT2D eigenvalue weighted by Crippen LogP contribution is 2.02. The molecule has 0 fully saturated rings. The molecule has 0 radical (unpaired) electrons. The maximum absolute atomic E-state index is 9.31. The Morgan fingerprint density at radius 3 is 0.506 bits per heavy atom. The molecule has 25 nitrogen and oxygen atoms in total. The number of hydrogen-bond acceptors (Lipinski definition) is 25. The smallest absolute Gasteiger partial charge is 0.0932 e. The van der Waals surface area contributed by atoms with Gasteiger partial charge in [0.05, 0.1) is 47.1 Å². The fraction of sp³-hybridized carbons (Fsp3) is 1.00. The lowest BCUT2D eigenvalue weighted by Crippen LogP contribution is -2.49. The van der Waals surface area contributed by atoms with Crippen LogP contribution in [0.2, 0.25) is 0 Å². The molecule has 0 amide bonds. The van der Waals surface area contributed by atoms with Crippen molar-refractivity contribution < 1.29 is 40.9 Å². The zero-order chi connectivity index (χ0) is 65.7. The number of hydrogen-bond donors (Lipinski definition) is 25. The van der Waals surface area contributed by atoms with Crippen molar-refractivity contribution in [1.29, 1.82) is 0 Å². The van der Waals surface area contributed by atoms with Crippen LogP contribution >= 0.6 is 0 Å². The van der Waals surface area contributed by atoms with E-state index in [0.29, 0.717) is 59.2 Å². The van der Waals surface area contributed by atoms with Gasteiger partial charge in [-0.05, 0) is 180 Å². The molecule has 79 heavy (non-hydrogen) atoms. The van der Waals surface area contributed by atoms with Gasteiger partial charge in [-0.3, -0.25) is 10.6 Å². The molecule has 0 aliphatic rings. The van der Waals surface area contributed by atoms with Crippen molar-refractivity contribution >= 4 is 0 Å². The van der Waals surface area contributed by atoms with Crippen molar-refractivity contribution in [3.05, 3.63) is 0 Å². The van der Waals surface area contributed by atoms with Crippen molar-refractivity contribution in [1.82, 2.24) is 47.9 Å². The van der Waals surface area contributed by atoms with Gasteiger partial charge in [0.2, 0.25) is 0 Å². The summed E-state index contributed by atoms with van der Waals surface area (Å²) >= 11 is 0. The Bertz CT molecular complexity index is 1060. The van der Waals surface area contributed by atoms with Crippen LogP contribution in [0.25, 0.3) is 0 Å². The van der Waals surface area contributed by atoms with Crippen molar-refractivity contribution in [3.8, 4) is 0 Å². The first-order chi connectivity index (χ1) is 34.5. The van der Waals surface area contributed by atoms with Gasteiger partial charge in [-0.25, -0.2) is 0 Å². The number of nitrogens with two attached hydrogens (primary N) is 8. The zero-order valence-electron chi connectivity index (χ0n) is 56.0. The standard InChI is InChI=1S/C8H21N3.C8H20N2O.C8H19NO2.C5H15N3.2C5H14N2O.C5H14N2.C5H13NO2.C5H13NO/c1-7(2,9)5-11-6-8(3,4)10;1-7(2,9)5-10-6-8(3,4)11;1-7(2,10)5-9-6-8(3,4)11;1-5(2,7)3-8-4-6;1-5(2,6)3-7-4-8;1-5(2,8)3-7-4-6;1-5(2,6)4-7-3;1-5(2,8)3-6-4-7;1-5(2,7)4-6-3/h11H,5-6,9-10H2,1-4H3;10-11H,5-6,9H2,1-4H3;9-11H,5-6H2,1-4H3;8H,3-4,6-7H2,1-2H3;2*7-8H,3-4,6H2,1-2H3;7H,4,6H2,1-3H3;6-8H,3-4H2,1-2H3;6-7H,4H2,1-3H3. The first-order valence-electron chi connectivity index (χ1n) is 27.4. The van der Waals surface area contributed by atoms with Crippen molar-refractivity contribution in [2.24, 2.45) is 45.9 Å². The topological polar surface area (TPSA) is 478 Å². The summed E-state index contributed by atoms with van der Waals surface area (Å²) in [5.74, 6) is 0. The number of aliphatic hydroxyl groups is 8. The third-order valence-electron chi connectivity index (χ3n) is 7.45. The minimum absolute atomic E-state index is 0.000625. The van der Waals surface area contributed by atoms with E-state index in [1.54, 1.807) is 83.1 Å². The molecule has 33 N–H and O–H groups in total. The fourth-order valence-corrected chi connectivity index (χ4v) is 4.47. The van der Waals surface area contributed by atoms with Crippen molar-refractivity contribution in [3.63, 3.8) is 0 Å². The minimum Gasteiger partial charge on any atom is -0.389 e. The lowest BCUT2D eigenvalue weighted by molar-refractivity contribution is 0.0533. The van der Waals surface area contributed by atoms with Crippen LogP contribution in [0.5, 0.6) is 0 Å². The van der Waals surface area contributed by atoms with E-state index in [1.807, 2.05) is 97.2 Å². The molecule has 0 atom stereocenters. The molecule has 0 bridgehead atoms. The van der Waals surface area contributed by atoms with Crippen LogP contribution < -0.4 is 93.7 Å². The summed E-state index contributed by atoms with van der Waals surface area (Å²) in [6, 6.07) is 0. The first kappa shape index (κ1) is 97.1. The van der Waals surface area contributed by atoms with Gasteiger partial charge in [-0.15, -0.1) is 0 Å². The molecule has 0 unspecified atom stereocenters. The molecule has 0 aromatic rings. The fourth-order valence-electron chi connectivity index (χ4n) is 4.47. The van der Waals surface area contributed by atoms with Gasteiger partial charge in [0.15, 0.2) is 0 Å². The summed E-state index contributed by atoms with van der Waals surface area (Å²) in [5.41, 5.74) is 39.4. The Morgan fingerprint density at radius 2 is 0.392 bits per heavy atom. The van der Waals surface area contributed by atoms with Crippen LogP contribution in [-0.2, 0) is 0 Å². The van der Waals surface area contributed by atoms with Crippen LogP contribution in [0.15, 0.2) is 0 Å². The molecule has 25 heteroatoms. The summed E-state index contributed by atoms with van der Waals surface area (Å²) < 4.78 is 0. The maximum Gasteiger partial charge on any atom is 0.0932 e. The molecule has 0 aromatic heterocycles. The summed E-state index contributed by atoms with van der Waals surface area (Å²) in [6.45, 7) is 53.0. The highest BCUT2D eigenvalue weighted by molar-refractivity contribution is 4.81. The Morgan fingerprint density at radius 1 is 0.241 bits per heavy atom. The quantitative estimate of drug-likeness (QED) is 0.0353. The van der Waals surface area contributed by atoms with Crippen LogP contribution in [0, 0.1) is 0 Å². The Labute approximate surface area is 485 Å². The molecular formula is C54H143N17O8. The van der Waals surface area contributed by atoms with Gasteiger partial charge in [0.25, 0.3) is 0 Å². The molecule has 0 aliphatic heterocycles. The summed E-state index contributed by atoms with van der Waals surface area (Å²) in [6.07, 6.45) is 0. The van der Waals surface area contributed by atoms with E-state index in [-0.39, 0.29) is 46.7 Å². The molecule has 0 saturated heterocycles. The number of nitrogens with one attached hydrogen (secondary N) is 9. The van der Waals surface area contributed by atoms with Gasteiger partial charge in [-0.2, -0.15) is 0 Å².